The molecule has 3 heterocycles. The van der Waals surface area contributed by atoms with Gasteiger partial charge in [-0.25, -0.2) is 9.67 Å². The van der Waals surface area contributed by atoms with E-state index in [2.05, 4.69) is 31.6 Å². The van der Waals surface area contributed by atoms with Crippen molar-refractivity contribution in [2.24, 2.45) is 5.41 Å². The summed E-state index contributed by atoms with van der Waals surface area (Å²) in [6.45, 7) is 3.97. The molecule has 1 aliphatic heterocycles. The summed E-state index contributed by atoms with van der Waals surface area (Å²) >= 11 is 0. The lowest BCUT2D eigenvalue weighted by Crippen LogP contribution is -2.44. The number of nitrogens with one attached hydrogen (secondary N) is 4. The first kappa shape index (κ1) is 24.9. The van der Waals surface area contributed by atoms with Crippen LogP contribution in [0.2, 0.25) is 0 Å². The van der Waals surface area contributed by atoms with Crippen LogP contribution in [0.5, 0.6) is 0 Å². The van der Waals surface area contributed by atoms with Crippen molar-refractivity contribution < 1.29 is 19.1 Å². The van der Waals surface area contributed by atoms with E-state index in [1.807, 2.05) is 6.92 Å². The van der Waals surface area contributed by atoms with Gasteiger partial charge in [0.25, 0.3) is 5.91 Å². The van der Waals surface area contributed by atoms with Crippen LogP contribution in [0.15, 0.2) is 12.4 Å². The van der Waals surface area contributed by atoms with E-state index >= 15 is 0 Å². The molecule has 2 aliphatic rings. The van der Waals surface area contributed by atoms with Gasteiger partial charge in [0.1, 0.15) is 0 Å². The van der Waals surface area contributed by atoms with Gasteiger partial charge in [0, 0.05) is 51.9 Å². The smallest absolute Gasteiger partial charge is 0.273 e. The number of anilines is 1. The van der Waals surface area contributed by atoms with Gasteiger partial charge in [-0.2, -0.15) is 5.10 Å². The van der Waals surface area contributed by atoms with Gasteiger partial charge in [-0.15, -0.1) is 0 Å². The summed E-state index contributed by atoms with van der Waals surface area (Å²) in [4.78, 5) is 42.4. The summed E-state index contributed by atoms with van der Waals surface area (Å²) in [7, 11) is 1.60. The van der Waals surface area contributed by atoms with Gasteiger partial charge >= 0.3 is 0 Å². The van der Waals surface area contributed by atoms with Crippen molar-refractivity contribution >= 4 is 34.4 Å². The van der Waals surface area contributed by atoms with Crippen molar-refractivity contribution in [3.8, 4) is 0 Å². The average Bonchev–Trinajstić information content (AvgIpc) is 3.50. The molecule has 1 saturated heterocycles. The Morgan fingerprint density at radius 3 is 2.49 bits per heavy atom. The lowest BCUT2D eigenvalue weighted by molar-refractivity contribution is -0.127. The number of hydrogen-bond donors (Lipinski definition) is 4. The third-order valence-electron chi connectivity index (χ3n) is 7.11. The number of nitrogens with zero attached hydrogens (tertiary/aromatic N) is 3. The average molecular weight is 486 g/mol. The van der Waals surface area contributed by atoms with E-state index in [0.717, 1.165) is 43.9 Å². The van der Waals surface area contributed by atoms with Crippen LogP contribution in [0.1, 0.15) is 68.6 Å². The number of aryl methyl sites for hydroxylation is 1. The number of carbonyl (C=O) groups is 3. The Labute approximate surface area is 204 Å². The SMILES string of the molecule is CCn1ncc2c(NC3CCOCC3)c(C(=O)NNC(=O)CC3(CC(=O)NC)CCCC3)cnc21. The maximum Gasteiger partial charge on any atom is 0.273 e. The first-order valence-corrected chi connectivity index (χ1v) is 12.4. The van der Waals surface area contributed by atoms with E-state index in [-0.39, 0.29) is 29.7 Å². The highest BCUT2D eigenvalue weighted by Gasteiger charge is 2.38. The predicted octanol–water partition coefficient (Wildman–Crippen LogP) is 1.89. The van der Waals surface area contributed by atoms with Crippen LogP contribution in [-0.4, -0.2) is 58.8 Å². The molecular weight excluding hydrogens is 450 g/mol. The van der Waals surface area contributed by atoms with E-state index in [0.29, 0.717) is 43.1 Å². The van der Waals surface area contributed by atoms with Gasteiger partial charge in [-0.05, 0) is 38.0 Å². The van der Waals surface area contributed by atoms with E-state index in [9.17, 15) is 14.4 Å². The number of rotatable bonds is 8. The highest BCUT2D eigenvalue weighted by atomic mass is 16.5. The second-order valence-corrected chi connectivity index (χ2v) is 9.51. The summed E-state index contributed by atoms with van der Waals surface area (Å²) in [5.74, 6) is -0.839. The number of fused-ring (bicyclic) bond motifs is 1. The molecule has 35 heavy (non-hydrogen) atoms. The van der Waals surface area contributed by atoms with Crippen molar-refractivity contribution in [1.82, 2.24) is 30.9 Å². The van der Waals surface area contributed by atoms with Crippen LogP contribution in [-0.2, 0) is 20.9 Å². The Hall–Kier alpha value is -3.21. The van der Waals surface area contributed by atoms with Crippen molar-refractivity contribution in [3.63, 3.8) is 0 Å². The fraction of sp³-hybridized carbons (Fsp3) is 0.625. The molecule has 1 aliphatic carbocycles. The molecular formula is C24H35N7O4. The van der Waals surface area contributed by atoms with Gasteiger partial charge in [0.2, 0.25) is 11.8 Å². The third kappa shape index (κ3) is 5.72. The molecule has 190 valence electrons. The zero-order chi connectivity index (χ0) is 24.8. The molecule has 0 unspecified atom stereocenters. The molecule has 11 heteroatoms. The number of ether oxygens (including phenoxy) is 1. The van der Waals surface area contributed by atoms with E-state index in [4.69, 9.17) is 4.74 Å². The van der Waals surface area contributed by atoms with Crippen molar-refractivity contribution in [2.45, 2.75) is 70.9 Å². The molecule has 0 spiro atoms. The first-order valence-electron chi connectivity index (χ1n) is 12.4. The maximum absolute atomic E-state index is 13.2. The van der Waals surface area contributed by atoms with E-state index in [1.165, 1.54) is 6.20 Å². The minimum atomic E-state index is -0.460. The maximum atomic E-state index is 13.2. The molecule has 1 saturated carbocycles. The molecule has 0 atom stereocenters. The molecule has 0 bridgehead atoms. The standard InChI is InChI=1S/C24H35N7O4/c1-3-31-22-17(15-27-31)21(28-16-6-10-35-11-7-16)18(14-26-22)23(34)30-29-20(33)13-24(8-4-5-9-24)12-19(32)25-2/h14-16H,3-13H2,1-2H3,(H,25,32)(H,26,28)(H,29,33)(H,30,34). The second kappa shape index (κ2) is 11.0. The fourth-order valence-electron chi connectivity index (χ4n) is 5.18. The molecule has 2 fully saturated rings. The highest BCUT2D eigenvalue weighted by Crippen LogP contribution is 2.44. The van der Waals surface area contributed by atoms with Crippen molar-refractivity contribution in [3.05, 3.63) is 18.0 Å². The second-order valence-electron chi connectivity index (χ2n) is 9.51. The van der Waals surface area contributed by atoms with Crippen LogP contribution in [0.25, 0.3) is 11.0 Å². The fourth-order valence-corrected chi connectivity index (χ4v) is 5.18. The summed E-state index contributed by atoms with van der Waals surface area (Å²) in [5.41, 5.74) is 6.42. The van der Waals surface area contributed by atoms with Gasteiger partial charge in [-0.3, -0.25) is 25.2 Å². The Morgan fingerprint density at radius 2 is 1.80 bits per heavy atom. The lowest BCUT2D eigenvalue weighted by Gasteiger charge is -2.27. The minimum absolute atomic E-state index is 0.0698. The van der Waals surface area contributed by atoms with Crippen molar-refractivity contribution in [2.75, 3.05) is 25.6 Å². The van der Waals surface area contributed by atoms with Crippen molar-refractivity contribution in [1.29, 1.82) is 0 Å². The number of pyridine rings is 1. The van der Waals surface area contributed by atoms with Gasteiger partial charge in [-0.1, -0.05) is 12.8 Å². The summed E-state index contributed by atoms with van der Waals surface area (Å²) < 4.78 is 7.24. The third-order valence-corrected chi connectivity index (χ3v) is 7.11. The van der Waals surface area contributed by atoms with Gasteiger partial charge < -0.3 is 15.4 Å². The minimum Gasteiger partial charge on any atom is -0.381 e. The van der Waals surface area contributed by atoms with Crippen LogP contribution < -0.4 is 21.5 Å². The summed E-state index contributed by atoms with van der Waals surface area (Å²) in [6.07, 6.45) is 9.03. The van der Waals surface area contributed by atoms with E-state index in [1.54, 1.807) is 17.9 Å². The molecule has 4 rings (SSSR count). The zero-order valence-electron chi connectivity index (χ0n) is 20.5. The monoisotopic (exact) mass is 485 g/mol. The number of aromatic nitrogens is 3. The van der Waals surface area contributed by atoms with Gasteiger partial charge in [0.05, 0.1) is 22.8 Å². The van der Waals surface area contributed by atoms with Crippen LogP contribution in [0, 0.1) is 5.41 Å². The number of amides is 3. The summed E-state index contributed by atoms with van der Waals surface area (Å²) in [6, 6.07) is 0.160. The largest absolute Gasteiger partial charge is 0.381 e. The molecule has 11 nitrogen and oxygen atoms in total. The molecule has 3 amide bonds. The van der Waals surface area contributed by atoms with Gasteiger partial charge in [0.15, 0.2) is 5.65 Å². The first-order chi connectivity index (χ1) is 16.9. The Balaban J connectivity index is 1.48. The Morgan fingerprint density at radius 1 is 1.09 bits per heavy atom. The molecule has 0 aromatic carbocycles. The quantitative estimate of drug-likeness (QED) is 0.419. The number of hydrogen-bond acceptors (Lipinski definition) is 7. The number of hydrazine groups is 1. The molecule has 2 aromatic heterocycles. The van der Waals surface area contributed by atoms with Crippen LogP contribution >= 0.6 is 0 Å². The Kier molecular flexibility index (Phi) is 7.84. The number of carbonyl (C=O) groups excluding carboxylic acids is 3. The molecule has 2 aromatic rings. The normalized spacial score (nSPS) is 17.8. The highest BCUT2D eigenvalue weighted by molar-refractivity contribution is 6.06. The topological polar surface area (TPSA) is 139 Å². The Bertz CT molecular complexity index is 1070. The molecule has 4 N–H and O–H groups in total. The van der Waals surface area contributed by atoms with Crippen LogP contribution in [0.4, 0.5) is 5.69 Å². The zero-order valence-corrected chi connectivity index (χ0v) is 20.5. The summed E-state index contributed by atoms with van der Waals surface area (Å²) in [5, 5.41) is 11.3. The van der Waals surface area contributed by atoms with Crippen LogP contribution in [0.3, 0.4) is 0 Å². The predicted molar refractivity (Wildman–Crippen MR) is 130 cm³/mol. The lowest BCUT2D eigenvalue weighted by atomic mass is 9.79. The molecule has 0 radical (unpaired) electrons. The van der Waals surface area contributed by atoms with E-state index < -0.39 is 5.91 Å².